The van der Waals surface area contributed by atoms with Crippen molar-refractivity contribution in [2.45, 2.75) is 38.6 Å². The van der Waals surface area contributed by atoms with E-state index in [0.717, 1.165) is 5.56 Å². The van der Waals surface area contributed by atoms with Crippen LogP contribution in [0.1, 0.15) is 31.7 Å². The zero-order chi connectivity index (χ0) is 19.2. The van der Waals surface area contributed by atoms with Crippen molar-refractivity contribution < 1.29 is 22.7 Å². The number of sulfonamides is 1. The molecule has 0 bridgehead atoms. The molecule has 1 heterocycles. The molecule has 0 saturated carbocycles. The van der Waals surface area contributed by atoms with Gasteiger partial charge in [0, 0.05) is 30.8 Å². The van der Waals surface area contributed by atoms with Crippen LogP contribution in [0.25, 0.3) is 0 Å². The van der Waals surface area contributed by atoms with E-state index in [0.29, 0.717) is 43.9 Å². The number of nitrogens with zero attached hydrogens (tertiary/aromatic N) is 1. The lowest BCUT2D eigenvalue weighted by atomic mass is 10.0. The second-order valence-corrected chi connectivity index (χ2v) is 8.32. The van der Waals surface area contributed by atoms with Crippen LogP contribution >= 0.6 is 0 Å². The summed E-state index contributed by atoms with van der Waals surface area (Å²) in [6.45, 7) is 2.95. The molecular weight excluding hydrogens is 356 g/mol. The number of hydrogen-bond acceptors (Lipinski definition) is 5. The average Bonchev–Trinajstić information content (AvgIpc) is 2.62. The van der Waals surface area contributed by atoms with Gasteiger partial charge >= 0.3 is 0 Å². The molecule has 1 aliphatic rings. The van der Waals surface area contributed by atoms with E-state index in [1.165, 1.54) is 0 Å². The quantitative estimate of drug-likeness (QED) is 0.735. The summed E-state index contributed by atoms with van der Waals surface area (Å²) in [5.74, 6) is 1.46. The van der Waals surface area contributed by atoms with Gasteiger partial charge in [0.05, 0.1) is 26.4 Å². The number of ether oxygens (including phenoxy) is 2. The van der Waals surface area contributed by atoms with Crippen LogP contribution in [0.4, 0.5) is 0 Å². The molecule has 1 fully saturated rings. The summed E-state index contributed by atoms with van der Waals surface area (Å²) < 4.78 is 37.0. The van der Waals surface area contributed by atoms with Crippen molar-refractivity contribution in [1.82, 2.24) is 9.62 Å². The first-order valence-electron chi connectivity index (χ1n) is 8.87. The molecule has 0 radical (unpaired) electrons. The minimum Gasteiger partial charge on any atom is -0.497 e. The van der Waals surface area contributed by atoms with Gasteiger partial charge in [0.25, 0.3) is 0 Å². The zero-order valence-corrected chi connectivity index (χ0v) is 16.5. The minimum absolute atomic E-state index is 0.0170. The van der Waals surface area contributed by atoms with Crippen LogP contribution < -0.4 is 14.2 Å². The number of carbonyl (C=O) groups is 1. The zero-order valence-electron chi connectivity index (χ0n) is 15.7. The summed E-state index contributed by atoms with van der Waals surface area (Å²) >= 11 is 0. The Morgan fingerprint density at radius 2 is 1.92 bits per heavy atom. The number of likely N-dealkylation sites (tertiary alicyclic amines) is 1. The molecular formula is C18H28N2O5S. The van der Waals surface area contributed by atoms with Crippen LogP contribution in [-0.4, -0.2) is 58.3 Å². The predicted octanol–water partition coefficient (Wildman–Crippen LogP) is 1.57. The Labute approximate surface area is 155 Å². The van der Waals surface area contributed by atoms with E-state index < -0.39 is 10.0 Å². The monoisotopic (exact) mass is 384 g/mol. The van der Waals surface area contributed by atoms with E-state index in [9.17, 15) is 13.2 Å². The molecule has 1 N–H and O–H groups in total. The molecule has 7 nitrogen and oxygen atoms in total. The maximum absolute atomic E-state index is 12.6. The van der Waals surface area contributed by atoms with Crippen molar-refractivity contribution in [2.75, 3.05) is 33.1 Å². The Kier molecular flexibility index (Phi) is 7.28. The summed E-state index contributed by atoms with van der Waals surface area (Å²) in [4.78, 5) is 14.4. The van der Waals surface area contributed by atoms with Gasteiger partial charge in [0.2, 0.25) is 15.9 Å². The van der Waals surface area contributed by atoms with Gasteiger partial charge < -0.3 is 14.4 Å². The Bertz CT molecular complexity index is 712. The van der Waals surface area contributed by atoms with Crippen molar-refractivity contribution in [3.05, 3.63) is 23.8 Å². The molecule has 0 atom stereocenters. The Morgan fingerprint density at radius 1 is 1.23 bits per heavy atom. The van der Waals surface area contributed by atoms with Gasteiger partial charge in [-0.2, -0.15) is 0 Å². The predicted molar refractivity (Wildman–Crippen MR) is 100 cm³/mol. The number of rotatable bonds is 8. The van der Waals surface area contributed by atoms with E-state index >= 15 is 0 Å². The molecule has 0 spiro atoms. The van der Waals surface area contributed by atoms with E-state index in [-0.39, 0.29) is 24.1 Å². The average molecular weight is 384 g/mol. The van der Waals surface area contributed by atoms with Crippen LogP contribution in [0.3, 0.4) is 0 Å². The maximum atomic E-state index is 12.6. The summed E-state index contributed by atoms with van der Waals surface area (Å²) in [5, 5.41) is 0. The fourth-order valence-electron chi connectivity index (χ4n) is 3.10. The highest BCUT2D eigenvalue weighted by molar-refractivity contribution is 7.89. The van der Waals surface area contributed by atoms with Crippen LogP contribution in [0, 0.1) is 0 Å². The smallest absolute Gasteiger partial charge is 0.227 e. The van der Waals surface area contributed by atoms with Crippen molar-refractivity contribution in [3.63, 3.8) is 0 Å². The first-order valence-corrected chi connectivity index (χ1v) is 10.5. The number of methoxy groups -OCH3 is 2. The molecule has 0 aliphatic carbocycles. The molecule has 1 aromatic rings. The lowest BCUT2D eigenvalue weighted by molar-refractivity contribution is -0.131. The molecule has 146 valence electrons. The molecule has 1 amide bonds. The first kappa shape index (κ1) is 20.5. The third-order valence-electron chi connectivity index (χ3n) is 4.50. The second-order valence-electron chi connectivity index (χ2n) is 6.45. The molecule has 1 saturated heterocycles. The van der Waals surface area contributed by atoms with E-state index in [1.54, 1.807) is 31.3 Å². The molecule has 26 heavy (non-hydrogen) atoms. The molecule has 1 aromatic carbocycles. The molecule has 1 aliphatic heterocycles. The highest BCUT2D eigenvalue weighted by Gasteiger charge is 2.26. The van der Waals surface area contributed by atoms with Crippen molar-refractivity contribution >= 4 is 15.9 Å². The lowest BCUT2D eigenvalue weighted by Crippen LogP contribution is -2.47. The fourth-order valence-corrected chi connectivity index (χ4v) is 4.50. The molecule has 2 rings (SSSR count). The number of hydrogen-bond donors (Lipinski definition) is 1. The van der Waals surface area contributed by atoms with Gasteiger partial charge in [0.1, 0.15) is 11.5 Å². The molecule has 0 aromatic heterocycles. The molecule has 0 unspecified atom stereocenters. The number of nitrogens with one attached hydrogen (secondary N) is 1. The van der Waals surface area contributed by atoms with E-state index in [1.807, 2.05) is 13.0 Å². The number of benzene rings is 1. The number of carbonyl (C=O) groups excluding carboxylic acids is 1. The maximum Gasteiger partial charge on any atom is 0.227 e. The van der Waals surface area contributed by atoms with E-state index in [2.05, 4.69) is 4.72 Å². The summed E-state index contributed by atoms with van der Waals surface area (Å²) in [6.07, 6.45) is 2.11. The van der Waals surface area contributed by atoms with Crippen molar-refractivity contribution in [1.29, 1.82) is 0 Å². The van der Waals surface area contributed by atoms with Crippen LogP contribution in [0.2, 0.25) is 0 Å². The van der Waals surface area contributed by atoms with Gasteiger partial charge in [-0.05, 0) is 25.3 Å². The Hall–Kier alpha value is -1.80. The van der Waals surface area contributed by atoms with Gasteiger partial charge in [-0.15, -0.1) is 0 Å². The van der Waals surface area contributed by atoms with Crippen molar-refractivity contribution in [3.8, 4) is 11.5 Å². The highest BCUT2D eigenvalue weighted by atomic mass is 32.2. The SMILES string of the molecule is CCCS(=O)(=O)NC1CCN(C(=O)Cc2ccc(OC)cc2OC)CC1. The fraction of sp³-hybridized carbons (Fsp3) is 0.611. The number of piperidine rings is 1. The van der Waals surface area contributed by atoms with Gasteiger partial charge in [0.15, 0.2) is 0 Å². The lowest BCUT2D eigenvalue weighted by Gasteiger charge is -2.32. The first-order chi connectivity index (χ1) is 12.4. The van der Waals surface area contributed by atoms with Crippen molar-refractivity contribution in [2.24, 2.45) is 0 Å². The topological polar surface area (TPSA) is 84.9 Å². The van der Waals surface area contributed by atoms with Gasteiger partial charge in [-0.25, -0.2) is 13.1 Å². The minimum atomic E-state index is -3.22. The Balaban J connectivity index is 1.91. The van der Waals surface area contributed by atoms with Crippen LogP contribution in [0.15, 0.2) is 18.2 Å². The highest BCUT2D eigenvalue weighted by Crippen LogP contribution is 2.25. The third-order valence-corrected chi connectivity index (χ3v) is 6.14. The van der Waals surface area contributed by atoms with Gasteiger partial charge in [-0.3, -0.25) is 4.79 Å². The molecule has 8 heteroatoms. The standard InChI is InChI=1S/C18H28N2O5S/c1-4-11-26(22,23)19-15-7-9-20(10-8-15)18(21)12-14-5-6-16(24-2)13-17(14)25-3/h5-6,13,15,19H,4,7-12H2,1-3H3. The summed E-state index contributed by atoms with van der Waals surface area (Å²) in [5.41, 5.74) is 0.809. The normalized spacial score (nSPS) is 15.7. The van der Waals surface area contributed by atoms with Crippen LogP contribution in [-0.2, 0) is 21.2 Å². The summed E-state index contributed by atoms with van der Waals surface area (Å²) in [6, 6.07) is 5.31. The third kappa shape index (κ3) is 5.60. The second kappa shape index (κ2) is 9.23. The summed E-state index contributed by atoms with van der Waals surface area (Å²) in [7, 11) is -0.0671. The number of amides is 1. The van der Waals surface area contributed by atoms with Crippen LogP contribution in [0.5, 0.6) is 11.5 Å². The Morgan fingerprint density at radius 3 is 2.50 bits per heavy atom. The van der Waals surface area contributed by atoms with E-state index in [4.69, 9.17) is 9.47 Å². The van der Waals surface area contributed by atoms with Gasteiger partial charge in [-0.1, -0.05) is 13.0 Å². The largest absolute Gasteiger partial charge is 0.497 e.